The molecule has 0 saturated carbocycles. The van der Waals surface area contributed by atoms with Gasteiger partial charge in [0.25, 0.3) is 5.91 Å². The first kappa shape index (κ1) is 19.8. The number of phenols is 2. The van der Waals surface area contributed by atoms with Gasteiger partial charge in [0, 0.05) is 17.2 Å². The molecule has 0 fully saturated rings. The van der Waals surface area contributed by atoms with Crippen molar-refractivity contribution in [2.45, 2.75) is 12.7 Å². The van der Waals surface area contributed by atoms with Crippen LogP contribution in [0, 0.1) is 0 Å². The van der Waals surface area contributed by atoms with E-state index < -0.39 is 17.6 Å². The van der Waals surface area contributed by atoms with E-state index in [4.69, 9.17) is 0 Å². The first-order chi connectivity index (χ1) is 13.7. The van der Waals surface area contributed by atoms with Crippen molar-refractivity contribution in [2.75, 3.05) is 0 Å². The number of halogens is 3. The van der Waals surface area contributed by atoms with Gasteiger partial charge < -0.3 is 10.2 Å². The minimum Gasteiger partial charge on any atom is -0.508 e. The van der Waals surface area contributed by atoms with Crippen LogP contribution >= 0.6 is 0 Å². The Morgan fingerprint density at radius 1 is 1.21 bits per heavy atom. The zero-order valence-corrected chi connectivity index (χ0v) is 14.5. The number of alkyl halides is 3. The lowest BCUT2D eigenvalue weighted by Gasteiger charge is -2.06. The van der Waals surface area contributed by atoms with Crippen molar-refractivity contribution in [3.05, 3.63) is 53.6 Å². The predicted molar refractivity (Wildman–Crippen MR) is 93.8 cm³/mol. The summed E-state index contributed by atoms with van der Waals surface area (Å²) >= 11 is 0. The minimum absolute atomic E-state index is 0.0681. The SMILES string of the molecule is O=C(Cn1nnc(-c2cccc(C(F)(F)F)c2)n1)N/N=C/c1ccc(O)cc1O. The van der Waals surface area contributed by atoms with Crippen molar-refractivity contribution in [3.8, 4) is 22.9 Å². The normalized spacial score (nSPS) is 11.7. The number of carbonyl (C=O) groups excluding carboxylic acids is 1. The van der Waals surface area contributed by atoms with Gasteiger partial charge in [0.05, 0.1) is 11.8 Å². The van der Waals surface area contributed by atoms with E-state index in [1.807, 2.05) is 0 Å². The number of benzene rings is 2. The van der Waals surface area contributed by atoms with E-state index in [1.54, 1.807) is 0 Å². The van der Waals surface area contributed by atoms with Crippen molar-refractivity contribution < 1.29 is 28.2 Å². The number of aromatic hydroxyl groups is 2. The monoisotopic (exact) mass is 406 g/mol. The lowest BCUT2D eigenvalue weighted by Crippen LogP contribution is -2.24. The molecule has 3 N–H and O–H groups in total. The standard InChI is InChI=1S/C17H13F3N6O3/c18-17(19,20)12-3-1-2-10(6-12)16-23-25-26(24-16)9-15(29)22-21-8-11-4-5-13(27)7-14(11)28/h1-8,27-28H,9H2,(H,22,29)/b21-8+. The average molecular weight is 406 g/mol. The number of hydrogen-bond acceptors (Lipinski definition) is 7. The maximum absolute atomic E-state index is 12.8. The summed E-state index contributed by atoms with van der Waals surface area (Å²) in [6.45, 7) is -0.384. The van der Waals surface area contributed by atoms with Crippen molar-refractivity contribution in [2.24, 2.45) is 5.10 Å². The van der Waals surface area contributed by atoms with Crippen LogP contribution in [-0.2, 0) is 17.5 Å². The van der Waals surface area contributed by atoms with Gasteiger partial charge in [-0.25, -0.2) is 5.43 Å². The maximum Gasteiger partial charge on any atom is 0.416 e. The van der Waals surface area contributed by atoms with Crippen molar-refractivity contribution in [3.63, 3.8) is 0 Å². The van der Waals surface area contributed by atoms with E-state index in [-0.39, 0.29) is 35.0 Å². The summed E-state index contributed by atoms with van der Waals surface area (Å²) in [6.07, 6.45) is -3.34. The predicted octanol–water partition coefficient (Wildman–Crippen LogP) is 1.92. The molecule has 0 saturated heterocycles. The summed E-state index contributed by atoms with van der Waals surface area (Å²) in [4.78, 5) is 12.8. The molecular formula is C17H13F3N6O3. The van der Waals surface area contributed by atoms with Gasteiger partial charge in [0.1, 0.15) is 18.0 Å². The van der Waals surface area contributed by atoms with Gasteiger partial charge in [-0.1, -0.05) is 12.1 Å². The highest BCUT2D eigenvalue weighted by Crippen LogP contribution is 2.31. The fourth-order valence-electron chi connectivity index (χ4n) is 2.24. The lowest BCUT2D eigenvalue weighted by molar-refractivity contribution is -0.137. The Bertz CT molecular complexity index is 1060. The molecule has 1 aromatic heterocycles. The third kappa shape index (κ3) is 5.06. The smallest absolute Gasteiger partial charge is 0.416 e. The molecule has 29 heavy (non-hydrogen) atoms. The molecule has 150 valence electrons. The first-order valence-corrected chi connectivity index (χ1v) is 8.02. The fraction of sp³-hybridized carbons (Fsp3) is 0.118. The van der Waals surface area contributed by atoms with Crippen molar-refractivity contribution in [1.29, 1.82) is 0 Å². The molecule has 0 aliphatic rings. The quantitative estimate of drug-likeness (QED) is 0.439. The number of hydrogen-bond donors (Lipinski definition) is 3. The van der Waals surface area contributed by atoms with Crippen molar-refractivity contribution >= 4 is 12.1 Å². The second kappa shape index (κ2) is 7.96. The van der Waals surface area contributed by atoms with Crippen LogP contribution in [0.25, 0.3) is 11.4 Å². The van der Waals surface area contributed by atoms with E-state index in [2.05, 4.69) is 25.9 Å². The number of carbonyl (C=O) groups is 1. The molecule has 12 heteroatoms. The van der Waals surface area contributed by atoms with Crippen LogP contribution in [0.15, 0.2) is 47.6 Å². The summed E-state index contributed by atoms with van der Waals surface area (Å²) in [5, 5.41) is 33.6. The highest BCUT2D eigenvalue weighted by atomic mass is 19.4. The first-order valence-electron chi connectivity index (χ1n) is 8.02. The lowest BCUT2D eigenvalue weighted by atomic mass is 10.1. The number of phenolic OH excluding ortho intramolecular Hbond substituents is 2. The molecule has 0 atom stereocenters. The van der Waals surface area contributed by atoms with Crippen LogP contribution < -0.4 is 5.43 Å². The Balaban J connectivity index is 1.63. The number of rotatable bonds is 5. The third-order valence-corrected chi connectivity index (χ3v) is 3.59. The Morgan fingerprint density at radius 3 is 2.72 bits per heavy atom. The highest BCUT2D eigenvalue weighted by Gasteiger charge is 2.30. The van der Waals surface area contributed by atoms with Crippen LogP contribution in [0.4, 0.5) is 13.2 Å². The number of aromatic nitrogens is 4. The molecule has 9 nitrogen and oxygen atoms in total. The number of hydrazone groups is 1. The largest absolute Gasteiger partial charge is 0.508 e. The molecule has 0 unspecified atom stereocenters. The Morgan fingerprint density at radius 2 is 2.00 bits per heavy atom. The average Bonchev–Trinajstić information content (AvgIpc) is 3.11. The van der Waals surface area contributed by atoms with Crippen molar-refractivity contribution in [1.82, 2.24) is 25.6 Å². The van der Waals surface area contributed by atoms with Crippen LogP contribution in [0.1, 0.15) is 11.1 Å². The van der Waals surface area contributed by atoms with Crippen LogP contribution in [0.2, 0.25) is 0 Å². The highest BCUT2D eigenvalue weighted by molar-refractivity contribution is 5.85. The zero-order valence-electron chi connectivity index (χ0n) is 14.5. The number of nitrogens with one attached hydrogen (secondary N) is 1. The molecule has 3 rings (SSSR count). The number of tetrazole rings is 1. The minimum atomic E-state index is -4.50. The molecule has 0 aliphatic carbocycles. The molecule has 0 spiro atoms. The fourth-order valence-corrected chi connectivity index (χ4v) is 2.24. The van der Waals surface area contributed by atoms with Gasteiger partial charge in [-0.2, -0.15) is 23.1 Å². The summed E-state index contributed by atoms with van der Waals surface area (Å²) in [5.74, 6) is -1.06. The summed E-state index contributed by atoms with van der Waals surface area (Å²) < 4.78 is 38.4. The van der Waals surface area contributed by atoms with Gasteiger partial charge >= 0.3 is 6.18 Å². The maximum atomic E-state index is 12.8. The van der Waals surface area contributed by atoms with Gasteiger partial charge in [0.15, 0.2) is 0 Å². The second-order valence-corrected chi connectivity index (χ2v) is 5.76. The molecule has 0 radical (unpaired) electrons. The van der Waals surface area contributed by atoms with E-state index in [0.29, 0.717) is 0 Å². The van der Waals surface area contributed by atoms with E-state index in [9.17, 15) is 28.2 Å². The summed E-state index contributed by atoms with van der Waals surface area (Å²) in [6, 6.07) is 8.25. The van der Waals surface area contributed by atoms with Crippen LogP contribution in [0.5, 0.6) is 11.5 Å². The molecule has 1 amide bonds. The topological polar surface area (TPSA) is 126 Å². The summed E-state index contributed by atoms with van der Waals surface area (Å²) in [5.41, 5.74) is 1.69. The molecule has 1 heterocycles. The molecule has 0 bridgehead atoms. The molecule has 2 aromatic carbocycles. The van der Waals surface area contributed by atoms with E-state index >= 15 is 0 Å². The van der Waals surface area contributed by atoms with E-state index in [0.717, 1.165) is 29.2 Å². The molecule has 0 aliphatic heterocycles. The molecule has 3 aromatic rings. The Hall–Kier alpha value is -3.96. The van der Waals surface area contributed by atoms with E-state index in [1.165, 1.54) is 24.3 Å². The van der Waals surface area contributed by atoms with Crippen LogP contribution in [-0.4, -0.2) is 42.5 Å². The van der Waals surface area contributed by atoms with Crippen LogP contribution in [0.3, 0.4) is 0 Å². The Kier molecular flexibility index (Phi) is 5.43. The Labute approximate surface area is 161 Å². The number of amides is 1. The van der Waals surface area contributed by atoms with Gasteiger partial charge in [-0.15, -0.1) is 10.2 Å². The number of nitrogens with zero attached hydrogens (tertiary/aromatic N) is 5. The third-order valence-electron chi connectivity index (χ3n) is 3.59. The molecular weight excluding hydrogens is 393 g/mol. The second-order valence-electron chi connectivity index (χ2n) is 5.76. The summed E-state index contributed by atoms with van der Waals surface area (Å²) in [7, 11) is 0. The van der Waals surface area contributed by atoms with Gasteiger partial charge in [-0.3, -0.25) is 4.79 Å². The van der Waals surface area contributed by atoms with Gasteiger partial charge in [-0.05, 0) is 29.5 Å². The zero-order chi connectivity index (χ0) is 21.0. The van der Waals surface area contributed by atoms with Gasteiger partial charge in [0.2, 0.25) is 5.82 Å².